The molecule has 0 fully saturated rings. The molecule has 0 unspecified atom stereocenters. The summed E-state index contributed by atoms with van der Waals surface area (Å²) in [5.41, 5.74) is 3.37. The van der Waals surface area contributed by atoms with Crippen LogP contribution in [0.1, 0.15) is 34.8 Å². The van der Waals surface area contributed by atoms with Crippen molar-refractivity contribution in [2.24, 2.45) is 0 Å². The minimum absolute atomic E-state index is 0.0498. The average molecular weight is 456 g/mol. The summed E-state index contributed by atoms with van der Waals surface area (Å²) in [6.07, 6.45) is 4.12. The van der Waals surface area contributed by atoms with Gasteiger partial charge in [0.25, 0.3) is 5.91 Å². The van der Waals surface area contributed by atoms with Crippen molar-refractivity contribution < 1.29 is 13.2 Å². The first-order valence-electron chi connectivity index (χ1n) is 9.91. The normalized spacial score (nSPS) is 11.2. The van der Waals surface area contributed by atoms with Crippen LogP contribution in [0.4, 0.5) is 11.4 Å². The van der Waals surface area contributed by atoms with Gasteiger partial charge in [-0.2, -0.15) is 0 Å². The maximum atomic E-state index is 12.7. The molecule has 3 aromatic rings. The van der Waals surface area contributed by atoms with Gasteiger partial charge >= 0.3 is 0 Å². The zero-order chi connectivity index (χ0) is 22.3. The van der Waals surface area contributed by atoms with Crippen molar-refractivity contribution in [3.8, 4) is 0 Å². The Labute approximate surface area is 187 Å². The molecule has 0 aliphatic rings. The zero-order valence-electron chi connectivity index (χ0n) is 17.5. The van der Waals surface area contributed by atoms with Crippen LogP contribution in [0.5, 0.6) is 0 Å². The lowest BCUT2D eigenvalue weighted by Gasteiger charge is -2.14. The van der Waals surface area contributed by atoms with E-state index >= 15 is 0 Å². The van der Waals surface area contributed by atoms with E-state index in [0.29, 0.717) is 28.9 Å². The zero-order valence-corrected chi connectivity index (χ0v) is 19.1. The van der Waals surface area contributed by atoms with Crippen LogP contribution >= 0.6 is 11.8 Å². The molecular weight excluding hydrogens is 430 g/mol. The van der Waals surface area contributed by atoms with Crippen LogP contribution in [-0.4, -0.2) is 25.1 Å². The third-order valence-corrected chi connectivity index (χ3v) is 7.12. The molecule has 0 atom stereocenters. The largest absolute Gasteiger partial charge is 0.322 e. The molecule has 2 aromatic carbocycles. The summed E-state index contributed by atoms with van der Waals surface area (Å²) < 4.78 is 26.7. The number of thioether (sulfide) groups is 1. The number of sulfonamides is 1. The van der Waals surface area contributed by atoms with E-state index in [2.05, 4.69) is 15.0 Å². The average Bonchev–Trinajstić information content (AvgIpc) is 2.76. The van der Waals surface area contributed by atoms with Crippen molar-refractivity contribution in [1.82, 2.24) is 4.98 Å². The Kier molecular flexibility index (Phi) is 7.70. The van der Waals surface area contributed by atoms with Gasteiger partial charge < -0.3 is 5.32 Å². The summed E-state index contributed by atoms with van der Waals surface area (Å²) in [5.74, 6) is 0.605. The number of rotatable bonds is 9. The van der Waals surface area contributed by atoms with E-state index in [1.54, 1.807) is 55.2 Å². The molecule has 3 rings (SSSR count). The van der Waals surface area contributed by atoms with Gasteiger partial charge in [-0.05, 0) is 66.9 Å². The highest BCUT2D eigenvalue weighted by molar-refractivity contribution is 7.98. The molecule has 1 amide bonds. The third kappa shape index (κ3) is 6.57. The molecule has 0 aliphatic carbocycles. The van der Waals surface area contributed by atoms with Crippen molar-refractivity contribution in [1.29, 1.82) is 0 Å². The number of benzene rings is 2. The molecule has 0 radical (unpaired) electrons. The molecule has 162 valence electrons. The standard InChI is InChI=1S/C23H25N3O3S2/c1-3-14-31(28,29)26-22-8-4-7-21(17(22)2)25-23(27)19-9-11-20(12-10-19)30-16-18-6-5-13-24-15-18/h4-13,15,26H,3,14,16H2,1-2H3,(H,25,27). The summed E-state index contributed by atoms with van der Waals surface area (Å²) in [5, 5.41) is 2.87. The summed E-state index contributed by atoms with van der Waals surface area (Å²) >= 11 is 1.67. The molecule has 0 spiro atoms. The fraction of sp³-hybridized carbons (Fsp3) is 0.217. The van der Waals surface area contributed by atoms with E-state index in [0.717, 1.165) is 16.2 Å². The lowest BCUT2D eigenvalue weighted by Crippen LogP contribution is -2.18. The lowest BCUT2D eigenvalue weighted by molar-refractivity contribution is 0.102. The Morgan fingerprint density at radius 1 is 1.03 bits per heavy atom. The van der Waals surface area contributed by atoms with Crippen LogP contribution in [0.3, 0.4) is 0 Å². The molecule has 0 saturated heterocycles. The molecular formula is C23H25N3O3S2. The van der Waals surface area contributed by atoms with Gasteiger partial charge in [-0.25, -0.2) is 8.42 Å². The second-order valence-electron chi connectivity index (χ2n) is 7.03. The molecule has 1 aromatic heterocycles. The molecule has 8 heteroatoms. The number of nitrogens with one attached hydrogen (secondary N) is 2. The van der Waals surface area contributed by atoms with Gasteiger partial charge in [0.15, 0.2) is 0 Å². The topological polar surface area (TPSA) is 88.2 Å². The number of aromatic nitrogens is 1. The number of nitrogens with zero attached hydrogens (tertiary/aromatic N) is 1. The van der Waals surface area contributed by atoms with Crippen molar-refractivity contribution in [3.63, 3.8) is 0 Å². The predicted molar refractivity (Wildman–Crippen MR) is 127 cm³/mol. The van der Waals surface area contributed by atoms with Gasteiger partial charge in [-0.1, -0.05) is 19.1 Å². The molecule has 0 bridgehead atoms. The van der Waals surface area contributed by atoms with Gasteiger partial charge in [0.2, 0.25) is 10.0 Å². The molecule has 6 nitrogen and oxygen atoms in total. The smallest absolute Gasteiger partial charge is 0.255 e. The number of carbonyl (C=O) groups excluding carboxylic acids is 1. The Morgan fingerprint density at radius 3 is 2.45 bits per heavy atom. The second-order valence-corrected chi connectivity index (χ2v) is 9.92. The van der Waals surface area contributed by atoms with E-state index in [4.69, 9.17) is 0 Å². The summed E-state index contributed by atoms with van der Waals surface area (Å²) in [4.78, 5) is 17.9. The molecule has 0 aliphatic heterocycles. The number of anilines is 2. The summed E-state index contributed by atoms with van der Waals surface area (Å²) in [6, 6.07) is 16.5. The Bertz CT molecular complexity index is 1130. The first kappa shape index (κ1) is 22.8. The summed E-state index contributed by atoms with van der Waals surface area (Å²) in [6.45, 7) is 3.59. The monoisotopic (exact) mass is 455 g/mol. The predicted octanol–water partition coefficient (Wildman–Crippen LogP) is 5.09. The Morgan fingerprint density at radius 2 is 1.77 bits per heavy atom. The van der Waals surface area contributed by atoms with Crippen LogP contribution in [0.15, 0.2) is 71.9 Å². The minimum Gasteiger partial charge on any atom is -0.322 e. The maximum absolute atomic E-state index is 12.7. The number of carbonyl (C=O) groups is 1. The highest BCUT2D eigenvalue weighted by Gasteiger charge is 2.14. The number of hydrogen-bond donors (Lipinski definition) is 2. The first-order valence-corrected chi connectivity index (χ1v) is 12.5. The van der Waals surface area contributed by atoms with E-state index in [1.165, 1.54) is 0 Å². The molecule has 0 saturated carbocycles. The molecule has 31 heavy (non-hydrogen) atoms. The number of amides is 1. The fourth-order valence-corrected chi connectivity index (χ4v) is 4.94. The second kappa shape index (κ2) is 10.5. The quantitative estimate of drug-likeness (QED) is 0.439. The highest BCUT2D eigenvalue weighted by Crippen LogP contribution is 2.26. The lowest BCUT2D eigenvalue weighted by atomic mass is 10.1. The van der Waals surface area contributed by atoms with E-state index in [-0.39, 0.29) is 11.7 Å². The SMILES string of the molecule is CCCS(=O)(=O)Nc1cccc(NC(=O)c2ccc(SCc3cccnc3)cc2)c1C. The maximum Gasteiger partial charge on any atom is 0.255 e. The van der Waals surface area contributed by atoms with Gasteiger partial charge in [0.1, 0.15) is 0 Å². The van der Waals surface area contributed by atoms with E-state index < -0.39 is 10.0 Å². The fourth-order valence-electron chi connectivity index (χ4n) is 2.92. The van der Waals surface area contributed by atoms with E-state index in [1.807, 2.05) is 37.4 Å². The van der Waals surface area contributed by atoms with Crippen LogP contribution in [-0.2, 0) is 15.8 Å². The van der Waals surface area contributed by atoms with Crippen molar-refractivity contribution >= 4 is 39.1 Å². The van der Waals surface area contributed by atoms with Crippen molar-refractivity contribution in [2.75, 3.05) is 15.8 Å². The molecule has 2 N–H and O–H groups in total. The van der Waals surface area contributed by atoms with Gasteiger partial charge in [0, 0.05) is 34.3 Å². The van der Waals surface area contributed by atoms with Crippen molar-refractivity contribution in [2.45, 2.75) is 30.9 Å². The summed E-state index contributed by atoms with van der Waals surface area (Å²) in [7, 11) is -3.40. The Balaban J connectivity index is 1.65. The van der Waals surface area contributed by atoms with Crippen molar-refractivity contribution in [3.05, 3.63) is 83.7 Å². The van der Waals surface area contributed by atoms with Crippen LogP contribution in [0.2, 0.25) is 0 Å². The van der Waals surface area contributed by atoms with Gasteiger partial charge in [0.05, 0.1) is 11.4 Å². The molecule has 1 heterocycles. The number of hydrogen-bond acceptors (Lipinski definition) is 5. The first-order chi connectivity index (χ1) is 14.9. The van der Waals surface area contributed by atoms with Crippen LogP contribution in [0.25, 0.3) is 0 Å². The number of pyridine rings is 1. The highest BCUT2D eigenvalue weighted by atomic mass is 32.2. The minimum atomic E-state index is -3.40. The Hall–Kier alpha value is -2.84. The van der Waals surface area contributed by atoms with Crippen LogP contribution < -0.4 is 10.0 Å². The van der Waals surface area contributed by atoms with Gasteiger partial charge in [-0.3, -0.25) is 14.5 Å². The van der Waals surface area contributed by atoms with Crippen LogP contribution in [0, 0.1) is 6.92 Å². The third-order valence-electron chi connectivity index (χ3n) is 4.57. The van der Waals surface area contributed by atoms with E-state index in [9.17, 15) is 13.2 Å². The van der Waals surface area contributed by atoms with Gasteiger partial charge in [-0.15, -0.1) is 11.8 Å².